The second-order valence-electron chi connectivity index (χ2n) is 6.74. The third-order valence-electron chi connectivity index (χ3n) is 4.58. The topological polar surface area (TPSA) is 41.6 Å². The van der Waals surface area contributed by atoms with Crippen LogP contribution >= 0.6 is 0 Å². The fourth-order valence-corrected chi connectivity index (χ4v) is 3.04. The summed E-state index contributed by atoms with van der Waals surface area (Å²) >= 11 is 0. The minimum atomic E-state index is 0.231. The molecule has 4 nitrogen and oxygen atoms in total. The molecule has 1 aliphatic heterocycles. The number of ether oxygens (including phenoxy) is 1. The Morgan fingerprint density at radius 1 is 0.913 bits per heavy atom. The van der Waals surface area contributed by atoms with Gasteiger partial charge < -0.3 is 10.1 Å². The normalized spacial score (nSPS) is 15.7. The molecule has 0 radical (unpaired) electrons. The van der Waals surface area contributed by atoms with Gasteiger partial charge in [-0.05, 0) is 19.4 Å². The van der Waals surface area contributed by atoms with Gasteiger partial charge in [0.2, 0.25) is 5.91 Å². The van der Waals surface area contributed by atoms with Crippen LogP contribution in [0.3, 0.4) is 0 Å². The molecule has 0 aromatic heterocycles. The van der Waals surface area contributed by atoms with Crippen molar-refractivity contribution in [2.24, 2.45) is 0 Å². The Kier molecular flexibility index (Phi) is 13.3. The van der Waals surface area contributed by atoms with Crippen molar-refractivity contribution in [3.8, 4) is 0 Å². The van der Waals surface area contributed by atoms with Crippen molar-refractivity contribution in [3.63, 3.8) is 0 Å². The highest BCUT2D eigenvalue weighted by molar-refractivity contribution is 5.75. The molecule has 1 N–H and O–H groups in total. The van der Waals surface area contributed by atoms with Gasteiger partial charge in [0.1, 0.15) is 0 Å². The Hall–Kier alpha value is -0.610. The van der Waals surface area contributed by atoms with Crippen LogP contribution in [0.15, 0.2) is 0 Å². The summed E-state index contributed by atoms with van der Waals surface area (Å²) in [7, 11) is 0. The van der Waals surface area contributed by atoms with Crippen LogP contribution in [0, 0.1) is 0 Å². The summed E-state index contributed by atoms with van der Waals surface area (Å²) in [6.07, 6.45) is 13.5. The molecule has 0 aliphatic carbocycles. The summed E-state index contributed by atoms with van der Waals surface area (Å²) in [4.78, 5) is 14.2. The summed E-state index contributed by atoms with van der Waals surface area (Å²) in [5.41, 5.74) is 0. The Morgan fingerprint density at radius 3 is 2.17 bits per heavy atom. The van der Waals surface area contributed by atoms with Gasteiger partial charge in [0.05, 0.1) is 13.2 Å². The van der Waals surface area contributed by atoms with E-state index in [0.29, 0.717) is 6.42 Å². The predicted octanol–water partition coefficient (Wildman–Crippen LogP) is 3.75. The van der Waals surface area contributed by atoms with Crippen molar-refractivity contribution in [1.82, 2.24) is 10.2 Å². The number of morpholine rings is 1. The lowest BCUT2D eigenvalue weighted by Crippen LogP contribution is -2.38. The maximum atomic E-state index is 11.8. The average Bonchev–Trinajstić information content (AvgIpc) is 2.58. The number of hydrogen-bond acceptors (Lipinski definition) is 3. The first-order chi connectivity index (χ1) is 11.3. The zero-order valence-corrected chi connectivity index (χ0v) is 15.3. The predicted molar refractivity (Wildman–Crippen MR) is 96.7 cm³/mol. The van der Waals surface area contributed by atoms with Crippen molar-refractivity contribution in [2.75, 3.05) is 39.4 Å². The van der Waals surface area contributed by atoms with Gasteiger partial charge in [-0.25, -0.2) is 0 Å². The maximum Gasteiger partial charge on any atom is 0.219 e. The number of amides is 1. The van der Waals surface area contributed by atoms with Gasteiger partial charge in [0.25, 0.3) is 0 Å². The van der Waals surface area contributed by atoms with E-state index in [1.54, 1.807) is 0 Å². The number of unbranched alkanes of at least 4 members (excludes halogenated alkanes) is 8. The van der Waals surface area contributed by atoms with Gasteiger partial charge in [0, 0.05) is 26.1 Å². The molecular weight excluding hydrogens is 288 g/mol. The number of hydrogen-bond donors (Lipinski definition) is 1. The Balaban J connectivity index is 1.79. The first-order valence-electron chi connectivity index (χ1n) is 9.89. The van der Waals surface area contributed by atoms with Crippen LogP contribution < -0.4 is 5.32 Å². The lowest BCUT2D eigenvalue weighted by atomic mass is 10.1. The molecule has 1 rings (SSSR count). The molecule has 0 bridgehead atoms. The van der Waals surface area contributed by atoms with Crippen molar-refractivity contribution in [3.05, 3.63) is 0 Å². The van der Waals surface area contributed by atoms with E-state index in [4.69, 9.17) is 4.74 Å². The summed E-state index contributed by atoms with van der Waals surface area (Å²) in [6.45, 7) is 7.91. The summed E-state index contributed by atoms with van der Waals surface area (Å²) in [6, 6.07) is 0. The Labute approximate surface area is 143 Å². The molecule has 0 aromatic carbocycles. The lowest BCUT2D eigenvalue weighted by molar-refractivity contribution is -0.121. The van der Waals surface area contributed by atoms with E-state index in [1.807, 2.05) is 0 Å². The number of nitrogens with one attached hydrogen (secondary N) is 1. The molecule has 23 heavy (non-hydrogen) atoms. The van der Waals surface area contributed by atoms with Crippen LogP contribution in [0.1, 0.15) is 77.6 Å². The molecule has 1 aliphatic rings. The molecule has 4 heteroatoms. The highest BCUT2D eigenvalue weighted by Crippen LogP contribution is 2.10. The molecule has 1 amide bonds. The van der Waals surface area contributed by atoms with Crippen LogP contribution in [0.2, 0.25) is 0 Å². The van der Waals surface area contributed by atoms with Crippen molar-refractivity contribution in [2.45, 2.75) is 77.6 Å². The van der Waals surface area contributed by atoms with Gasteiger partial charge in [-0.2, -0.15) is 0 Å². The van der Waals surface area contributed by atoms with Gasteiger partial charge in [-0.3, -0.25) is 9.69 Å². The Bertz CT molecular complexity index is 279. The van der Waals surface area contributed by atoms with Crippen LogP contribution in [0.5, 0.6) is 0 Å². The second-order valence-corrected chi connectivity index (χ2v) is 6.74. The van der Waals surface area contributed by atoms with E-state index in [0.717, 1.165) is 52.2 Å². The highest BCUT2D eigenvalue weighted by Gasteiger charge is 2.09. The zero-order valence-electron chi connectivity index (χ0n) is 15.3. The smallest absolute Gasteiger partial charge is 0.219 e. The van der Waals surface area contributed by atoms with Gasteiger partial charge in [-0.15, -0.1) is 0 Å². The second kappa shape index (κ2) is 14.9. The van der Waals surface area contributed by atoms with Crippen LogP contribution in [-0.4, -0.2) is 50.2 Å². The van der Waals surface area contributed by atoms with Crippen LogP contribution in [-0.2, 0) is 9.53 Å². The fraction of sp³-hybridized carbons (Fsp3) is 0.947. The van der Waals surface area contributed by atoms with E-state index >= 15 is 0 Å². The standard InChI is InChI=1S/C19H38N2O2/c1-2-3-4-5-6-7-8-9-10-12-19(22)20-13-11-14-21-15-17-23-18-16-21/h2-18H2,1H3,(H,20,22). The molecule has 0 spiro atoms. The summed E-state index contributed by atoms with van der Waals surface area (Å²) in [5, 5.41) is 3.05. The third kappa shape index (κ3) is 12.5. The molecule has 0 aromatic rings. The number of nitrogens with zero attached hydrogens (tertiary/aromatic N) is 1. The van der Waals surface area contributed by atoms with E-state index in [1.165, 1.54) is 51.4 Å². The van der Waals surface area contributed by atoms with Gasteiger partial charge >= 0.3 is 0 Å². The molecule has 0 unspecified atom stereocenters. The molecule has 0 atom stereocenters. The summed E-state index contributed by atoms with van der Waals surface area (Å²) < 4.78 is 5.33. The minimum Gasteiger partial charge on any atom is -0.379 e. The number of rotatable bonds is 14. The van der Waals surface area contributed by atoms with Gasteiger partial charge in [-0.1, -0.05) is 58.3 Å². The van der Waals surface area contributed by atoms with Crippen LogP contribution in [0.4, 0.5) is 0 Å². The number of carbonyl (C=O) groups is 1. The largest absolute Gasteiger partial charge is 0.379 e. The molecule has 1 saturated heterocycles. The quantitative estimate of drug-likeness (QED) is 0.494. The van der Waals surface area contributed by atoms with E-state index in [9.17, 15) is 4.79 Å². The van der Waals surface area contributed by atoms with Crippen LogP contribution in [0.25, 0.3) is 0 Å². The van der Waals surface area contributed by atoms with Crippen molar-refractivity contribution in [1.29, 1.82) is 0 Å². The van der Waals surface area contributed by atoms with E-state index < -0.39 is 0 Å². The van der Waals surface area contributed by atoms with Gasteiger partial charge in [0.15, 0.2) is 0 Å². The molecule has 1 heterocycles. The van der Waals surface area contributed by atoms with Crippen molar-refractivity contribution < 1.29 is 9.53 Å². The first kappa shape index (κ1) is 20.4. The van der Waals surface area contributed by atoms with Crippen molar-refractivity contribution >= 4 is 5.91 Å². The molecule has 136 valence electrons. The minimum absolute atomic E-state index is 0.231. The van der Waals surface area contributed by atoms with E-state index in [2.05, 4.69) is 17.1 Å². The molecule has 1 fully saturated rings. The summed E-state index contributed by atoms with van der Waals surface area (Å²) in [5.74, 6) is 0.231. The molecular formula is C19H38N2O2. The number of carbonyl (C=O) groups excluding carboxylic acids is 1. The first-order valence-corrected chi connectivity index (χ1v) is 9.89. The SMILES string of the molecule is CCCCCCCCCCCC(=O)NCCCN1CCOCC1. The molecule has 0 saturated carbocycles. The average molecular weight is 327 g/mol. The fourth-order valence-electron chi connectivity index (χ4n) is 3.04. The maximum absolute atomic E-state index is 11.8. The highest BCUT2D eigenvalue weighted by atomic mass is 16.5. The Morgan fingerprint density at radius 2 is 1.52 bits per heavy atom. The third-order valence-corrected chi connectivity index (χ3v) is 4.58. The monoisotopic (exact) mass is 326 g/mol. The van der Waals surface area contributed by atoms with E-state index in [-0.39, 0.29) is 5.91 Å². The lowest BCUT2D eigenvalue weighted by Gasteiger charge is -2.26. The zero-order chi connectivity index (χ0) is 16.6.